The van der Waals surface area contributed by atoms with Crippen LogP contribution in [0.1, 0.15) is 0 Å². The Kier molecular flexibility index (Phi) is 6.16. The summed E-state index contributed by atoms with van der Waals surface area (Å²) in [6, 6.07) is 3.44. The highest BCUT2D eigenvalue weighted by molar-refractivity contribution is 7.89. The summed E-state index contributed by atoms with van der Waals surface area (Å²) in [5.74, 6) is -0.677. The Labute approximate surface area is 111 Å². The van der Waals surface area contributed by atoms with Gasteiger partial charge in [-0.3, -0.25) is 0 Å². The number of nitrogens with two attached hydrogens (primary N) is 1. The number of hydrogen-bond donors (Lipinski definition) is 2. The topological polar surface area (TPSA) is 90.7 Å². The van der Waals surface area contributed by atoms with Crippen molar-refractivity contribution in [1.29, 1.82) is 0 Å². The lowest BCUT2D eigenvalue weighted by Crippen LogP contribution is -2.14. The Hall–Kier alpha value is -1.22. The summed E-state index contributed by atoms with van der Waals surface area (Å²) in [5.41, 5.74) is 0.197. The number of anilines is 1. The summed E-state index contributed by atoms with van der Waals surface area (Å²) in [6.45, 7) is 1.75. The van der Waals surface area contributed by atoms with Crippen LogP contribution in [0.3, 0.4) is 0 Å². The van der Waals surface area contributed by atoms with Crippen molar-refractivity contribution >= 4 is 15.7 Å². The van der Waals surface area contributed by atoms with Crippen molar-refractivity contribution in [2.45, 2.75) is 4.90 Å². The smallest absolute Gasteiger partial charge is 0.238 e. The van der Waals surface area contributed by atoms with Crippen LogP contribution >= 0.6 is 0 Å². The van der Waals surface area contributed by atoms with Crippen molar-refractivity contribution in [2.24, 2.45) is 5.14 Å². The minimum atomic E-state index is -3.88. The molecule has 0 atom stereocenters. The molecule has 1 rings (SSSR count). The van der Waals surface area contributed by atoms with E-state index in [9.17, 15) is 12.8 Å². The molecule has 0 spiro atoms. The molecule has 6 nitrogen and oxygen atoms in total. The number of hydrogen-bond acceptors (Lipinski definition) is 5. The summed E-state index contributed by atoms with van der Waals surface area (Å²) in [4.78, 5) is -0.258. The minimum Gasteiger partial charge on any atom is -0.382 e. The summed E-state index contributed by atoms with van der Waals surface area (Å²) in [5, 5.41) is 7.69. The van der Waals surface area contributed by atoms with Gasteiger partial charge in [-0.25, -0.2) is 17.9 Å². The van der Waals surface area contributed by atoms with E-state index in [4.69, 9.17) is 14.6 Å². The van der Waals surface area contributed by atoms with Gasteiger partial charge < -0.3 is 14.8 Å². The fraction of sp³-hybridized carbons (Fsp3) is 0.455. The van der Waals surface area contributed by atoms with E-state index in [0.29, 0.717) is 26.4 Å². The molecular formula is C11H17FN2O4S. The van der Waals surface area contributed by atoms with Crippen molar-refractivity contribution in [2.75, 3.05) is 38.8 Å². The van der Waals surface area contributed by atoms with Crippen LogP contribution in [-0.4, -0.2) is 41.9 Å². The quantitative estimate of drug-likeness (QED) is 0.683. The first-order chi connectivity index (χ1) is 8.95. The lowest BCUT2D eigenvalue weighted by Gasteiger charge is -2.09. The summed E-state index contributed by atoms with van der Waals surface area (Å²) in [6.07, 6.45) is 0. The molecule has 0 aromatic heterocycles. The van der Waals surface area contributed by atoms with Crippen molar-refractivity contribution in [1.82, 2.24) is 0 Å². The molecule has 0 bridgehead atoms. The maximum atomic E-state index is 13.6. The molecule has 0 radical (unpaired) electrons. The third kappa shape index (κ3) is 5.52. The Balaban J connectivity index is 2.47. The molecule has 0 saturated heterocycles. The van der Waals surface area contributed by atoms with E-state index in [-0.39, 0.29) is 10.6 Å². The van der Waals surface area contributed by atoms with E-state index in [0.717, 1.165) is 6.07 Å². The first kappa shape index (κ1) is 15.8. The first-order valence-electron chi connectivity index (χ1n) is 5.58. The highest BCUT2D eigenvalue weighted by Gasteiger charge is 2.11. The number of rotatable bonds is 8. The van der Waals surface area contributed by atoms with Crippen molar-refractivity contribution in [3.05, 3.63) is 24.0 Å². The monoisotopic (exact) mass is 292 g/mol. The third-order valence-corrected chi connectivity index (χ3v) is 3.17. The second-order valence-electron chi connectivity index (χ2n) is 3.72. The van der Waals surface area contributed by atoms with Crippen LogP contribution in [0.25, 0.3) is 0 Å². The van der Waals surface area contributed by atoms with Gasteiger partial charge in [0.2, 0.25) is 10.0 Å². The SMILES string of the molecule is COCCOCCNc1ccc(S(N)(=O)=O)cc1F. The second-order valence-corrected chi connectivity index (χ2v) is 5.28. The van der Waals surface area contributed by atoms with E-state index < -0.39 is 15.8 Å². The fourth-order valence-corrected chi connectivity index (χ4v) is 1.84. The van der Waals surface area contributed by atoms with Crippen molar-refractivity contribution in [3.63, 3.8) is 0 Å². The number of nitrogens with one attached hydrogen (secondary N) is 1. The molecule has 0 aliphatic heterocycles. The van der Waals surface area contributed by atoms with Crippen LogP contribution in [-0.2, 0) is 19.5 Å². The van der Waals surface area contributed by atoms with Crippen LogP contribution < -0.4 is 10.5 Å². The molecule has 0 unspecified atom stereocenters. The molecule has 0 aliphatic carbocycles. The zero-order valence-electron chi connectivity index (χ0n) is 10.6. The molecule has 0 amide bonds. The van der Waals surface area contributed by atoms with Gasteiger partial charge in [-0.15, -0.1) is 0 Å². The predicted molar refractivity (Wildman–Crippen MR) is 69.0 cm³/mol. The zero-order chi connectivity index (χ0) is 14.3. The summed E-state index contributed by atoms with van der Waals surface area (Å²) >= 11 is 0. The van der Waals surface area contributed by atoms with Gasteiger partial charge in [0.05, 0.1) is 30.4 Å². The van der Waals surface area contributed by atoms with Crippen molar-refractivity contribution < 1.29 is 22.3 Å². The van der Waals surface area contributed by atoms with E-state index in [2.05, 4.69) is 5.32 Å². The van der Waals surface area contributed by atoms with E-state index >= 15 is 0 Å². The average molecular weight is 292 g/mol. The standard InChI is InChI=1S/C11H17FN2O4S/c1-17-6-7-18-5-4-14-11-3-2-9(8-10(11)12)19(13,15)16/h2-3,8,14H,4-7H2,1H3,(H2,13,15,16). The first-order valence-corrected chi connectivity index (χ1v) is 7.12. The van der Waals surface area contributed by atoms with Crippen molar-refractivity contribution in [3.8, 4) is 0 Å². The molecule has 0 saturated carbocycles. The third-order valence-electron chi connectivity index (χ3n) is 2.26. The lowest BCUT2D eigenvalue weighted by atomic mass is 10.3. The molecule has 0 aliphatic rings. The van der Waals surface area contributed by atoms with Crippen LogP contribution in [0.5, 0.6) is 0 Å². The Morgan fingerprint density at radius 1 is 1.32 bits per heavy atom. The number of benzene rings is 1. The number of halogens is 1. The number of sulfonamides is 1. The molecule has 1 aromatic carbocycles. The van der Waals surface area contributed by atoms with Crippen LogP contribution in [0.15, 0.2) is 23.1 Å². The molecule has 0 fully saturated rings. The molecule has 3 N–H and O–H groups in total. The van der Waals surface area contributed by atoms with Crippen LogP contribution in [0.4, 0.5) is 10.1 Å². The van der Waals surface area contributed by atoms with Crippen LogP contribution in [0.2, 0.25) is 0 Å². The summed E-state index contributed by atoms with van der Waals surface area (Å²) in [7, 11) is -2.31. The van der Waals surface area contributed by atoms with E-state index in [1.165, 1.54) is 12.1 Å². The lowest BCUT2D eigenvalue weighted by molar-refractivity contribution is 0.0759. The maximum Gasteiger partial charge on any atom is 0.238 e. The van der Waals surface area contributed by atoms with Gasteiger partial charge in [0, 0.05) is 13.7 Å². The maximum absolute atomic E-state index is 13.6. The molecule has 8 heteroatoms. The van der Waals surface area contributed by atoms with Gasteiger partial charge in [0.25, 0.3) is 0 Å². The summed E-state index contributed by atoms with van der Waals surface area (Å²) < 4.78 is 45.6. The van der Waals surface area contributed by atoms with E-state index in [1.54, 1.807) is 7.11 Å². The Morgan fingerprint density at radius 2 is 2.05 bits per heavy atom. The van der Waals surface area contributed by atoms with Gasteiger partial charge in [-0.05, 0) is 18.2 Å². The minimum absolute atomic E-state index is 0.197. The highest BCUT2D eigenvalue weighted by atomic mass is 32.2. The normalized spacial score (nSPS) is 11.5. The van der Waals surface area contributed by atoms with E-state index in [1.807, 2.05) is 0 Å². The predicted octanol–water partition coefficient (Wildman–Crippen LogP) is 0.548. The zero-order valence-corrected chi connectivity index (χ0v) is 11.4. The van der Waals surface area contributed by atoms with Gasteiger partial charge in [-0.1, -0.05) is 0 Å². The van der Waals surface area contributed by atoms with Gasteiger partial charge in [0.15, 0.2) is 0 Å². The van der Waals surface area contributed by atoms with Crippen LogP contribution in [0, 0.1) is 5.82 Å². The van der Waals surface area contributed by atoms with Gasteiger partial charge >= 0.3 is 0 Å². The molecule has 108 valence electrons. The van der Waals surface area contributed by atoms with Gasteiger partial charge in [0.1, 0.15) is 5.82 Å². The second kappa shape index (κ2) is 7.39. The molecular weight excluding hydrogens is 275 g/mol. The Bertz CT molecular complexity index is 507. The number of ether oxygens (including phenoxy) is 2. The molecule has 0 heterocycles. The molecule has 1 aromatic rings. The average Bonchev–Trinajstić information content (AvgIpc) is 2.34. The number of primary sulfonamides is 1. The Morgan fingerprint density at radius 3 is 2.63 bits per heavy atom. The molecule has 19 heavy (non-hydrogen) atoms. The van der Waals surface area contributed by atoms with Gasteiger partial charge in [-0.2, -0.15) is 0 Å². The fourth-order valence-electron chi connectivity index (χ4n) is 1.32. The highest BCUT2D eigenvalue weighted by Crippen LogP contribution is 2.17. The largest absolute Gasteiger partial charge is 0.382 e. The number of methoxy groups -OCH3 is 1.